The molecule has 5 nitrogen and oxygen atoms in total. The Labute approximate surface area is 95.5 Å². The lowest BCUT2D eigenvalue weighted by Crippen LogP contribution is -2.20. The number of aromatic carboxylic acids is 1. The summed E-state index contributed by atoms with van der Waals surface area (Å²) in [5, 5.41) is 16.5. The van der Waals surface area contributed by atoms with Crippen LogP contribution in [0.15, 0.2) is 0 Å². The van der Waals surface area contributed by atoms with Crippen molar-refractivity contribution in [1.82, 2.24) is 9.78 Å². The summed E-state index contributed by atoms with van der Waals surface area (Å²) in [4.78, 5) is 11.1. The molecule has 90 valence electrons. The minimum absolute atomic E-state index is 0.273. The molecule has 0 bridgehead atoms. The maximum Gasteiger partial charge on any atom is 0.341 e. The minimum Gasteiger partial charge on any atom is -0.477 e. The van der Waals surface area contributed by atoms with Crippen LogP contribution < -0.4 is 5.32 Å². The van der Waals surface area contributed by atoms with Crippen LogP contribution in [0.5, 0.6) is 0 Å². The summed E-state index contributed by atoms with van der Waals surface area (Å²) in [7, 11) is 1.75. The molecule has 0 unspecified atom stereocenters. The molecule has 5 heteroatoms. The van der Waals surface area contributed by atoms with E-state index in [1.165, 1.54) is 0 Å². The van der Waals surface area contributed by atoms with E-state index >= 15 is 0 Å². The molecule has 0 amide bonds. The van der Waals surface area contributed by atoms with Crippen LogP contribution in [0.2, 0.25) is 0 Å². The van der Waals surface area contributed by atoms with Crippen LogP contribution in [0.4, 0.5) is 5.82 Å². The van der Waals surface area contributed by atoms with E-state index in [2.05, 4.69) is 24.3 Å². The molecule has 16 heavy (non-hydrogen) atoms. The largest absolute Gasteiger partial charge is 0.477 e. The van der Waals surface area contributed by atoms with Gasteiger partial charge in [-0.15, -0.1) is 0 Å². The van der Waals surface area contributed by atoms with Crippen molar-refractivity contribution >= 4 is 11.8 Å². The zero-order valence-corrected chi connectivity index (χ0v) is 10.2. The van der Waals surface area contributed by atoms with E-state index in [9.17, 15) is 4.79 Å². The number of rotatable bonds is 5. The third-order valence-electron chi connectivity index (χ3n) is 2.76. The van der Waals surface area contributed by atoms with Gasteiger partial charge in [0.1, 0.15) is 11.4 Å². The zero-order valence-electron chi connectivity index (χ0n) is 10.2. The summed E-state index contributed by atoms with van der Waals surface area (Å²) in [6, 6.07) is 0.285. The molecule has 0 fully saturated rings. The number of hydrogen-bond donors (Lipinski definition) is 2. The van der Waals surface area contributed by atoms with E-state index in [1.807, 2.05) is 0 Å². The Morgan fingerprint density at radius 1 is 1.50 bits per heavy atom. The average Bonchev–Trinajstić information content (AvgIpc) is 2.49. The smallest absolute Gasteiger partial charge is 0.341 e. The first-order valence-electron chi connectivity index (χ1n) is 5.54. The van der Waals surface area contributed by atoms with Gasteiger partial charge in [-0.2, -0.15) is 5.10 Å². The molecule has 0 radical (unpaired) electrons. The first-order chi connectivity index (χ1) is 7.51. The summed E-state index contributed by atoms with van der Waals surface area (Å²) in [5.41, 5.74) is 0.817. The van der Waals surface area contributed by atoms with Crippen LogP contribution in [-0.4, -0.2) is 26.9 Å². The molecule has 0 saturated heterocycles. The van der Waals surface area contributed by atoms with Gasteiger partial charge in [0.05, 0.1) is 5.69 Å². The SMILES string of the molecule is CCC(CC)Nc1c(C(=O)O)c(C)nn1C. The van der Waals surface area contributed by atoms with Crippen molar-refractivity contribution in [2.75, 3.05) is 5.32 Å². The molecular weight excluding hydrogens is 206 g/mol. The molecule has 0 spiro atoms. The van der Waals surface area contributed by atoms with Crippen LogP contribution in [0, 0.1) is 6.92 Å². The molecule has 0 saturated carbocycles. The zero-order chi connectivity index (χ0) is 12.3. The van der Waals surface area contributed by atoms with Gasteiger partial charge in [0, 0.05) is 13.1 Å². The van der Waals surface area contributed by atoms with Gasteiger partial charge < -0.3 is 10.4 Å². The lowest BCUT2D eigenvalue weighted by Gasteiger charge is -2.16. The van der Waals surface area contributed by atoms with E-state index < -0.39 is 5.97 Å². The molecule has 0 aliphatic rings. The molecule has 0 atom stereocenters. The van der Waals surface area contributed by atoms with Crippen molar-refractivity contribution < 1.29 is 9.90 Å². The summed E-state index contributed by atoms with van der Waals surface area (Å²) in [6.07, 6.45) is 1.92. The van der Waals surface area contributed by atoms with Gasteiger partial charge in [-0.25, -0.2) is 4.79 Å². The standard InChI is InChI=1S/C11H19N3O2/c1-5-8(6-2)12-10-9(11(15)16)7(3)13-14(10)4/h8,12H,5-6H2,1-4H3,(H,15,16). The molecule has 1 aromatic rings. The van der Waals surface area contributed by atoms with Crippen molar-refractivity contribution in [3.8, 4) is 0 Å². The lowest BCUT2D eigenvalue weighted by molar-refractivity contribution is 0.0697. The van der Waals surface area contributed by atoms with Gasteiger partial charge >= 0.3 is 5.97 Å². The maximum absolute atomic E-state index is 11.1. The average molecular weight is 225 g/mol. The normalized spacial score (nSPS) is 10.8. The minimum atomic E-state index is -0.931. The van der Waals surface area contributed by atoms with Crippen LogP contribution in [-0.2, 0) is 7.05 Å². The second-order valence-electron chi connectivity index (χ2n) is 3.90. The number of anilines is 1. The van der Waals surface area contributed by atoms with E-state index in [-0.39, 0.29) is 11.6 Å². The maximum atomic E-state index is 11.1. The molecule has 0 aromatic carbocycles. The highest BCUT2D eigenvalue weighted by molar-refractivity contribution is 5.94. The number of aryl methyl sites for hydroxylation is 2. The van der Waals surface area contributed by atoms with E-state index in [1.54, 1.807) is 18.7 Å². The van der Waals surface area contributed by atoms with Crippen molar-refractivity contribution in [1.29, 1.82) is 0 Å². The fourth-order valence-corrected chi connectivity index (χ4v) is 1.77. The first kappa shape index (κ1) is 12.5. The van der Waals surface area contributed by atoms with Gasteiger partial charge in [-0.3, -0.25) is 4.68 Å². The lowest BCUT2D eigenvalue weighted by atomic mass is 10.1. The Bertz CT molecular complexity index is 381. The highest BCUT2D eigenvalue weighted by Gasteiger charge is 2.20. The number of nitrogens with one attached hydrogen (secondary N) is 1. The van der Waals surface area contributed by atoms with Gasteiger partial charge in [0.2, 0.25) is 0 Å². The number of carbonyl (C=O) groups is 1. The molecule has 1 heterocycles. The quantitative estimate of drug-likeness (QED) is 0.804. The molecule has 0 aliphatic carbocycles. The van der Waals surface area contributed by atoms with Gasteiger partial charge in [0.25, 0.3) is 0 Å². The second kappa shape index (κ2) is 5.01. The fraction of sp³-hybridized carbons (Fsp3) is 0.636. The topological polar surface area (TPSA) is 67.2 Å². The van der Waals surface area contributed by atoms with Crippen LogP contribution >= 0.6 is 0 Å². The highest BCUT2D eigenvalue weighted by Crippen LogP contribution is 2.20. The van der Waals surface area contributed by atoms with Gasteiger partial charge in [0.15, 0.2) is 0 Å². The van der Waals surface area contributed by atoms with Crippen LogP contribution in [0.1, 0.15) is 42.7 Å². The van der Waals surface area contributed by atoms with Crippen molar-refractivity contribution in [2.45, 2.75) is 39.7 Å². The molecular formula is C11H19N3O2. The summed E-state index contributed by atoms with van der Waals surface area (Å²) in [5.74, 6) is -0.335. The molecule has 2 N–H and O–H groups in total. The fourth-order valence-electron chi connectivity index (χ4n) is 1.77. The Kier molecular flexibility index (Phi) is 3.93. The van der Waals surface area contributed by atoms with Gasteiger partial charge in [-0.05, 0) is 19.8 Å². The van der Waals surface area contributed by atoms with Crippen molar-refractivity contribution in [3.63, 3.8) is 0 Å². The van der Waals surface area contributed by atoms with E-state index in [0.29, 0.717) is 11.5 Å². The number of aromatic nitrogens is 2. The summed E-state index contributed by atoms with van der Waals surface area (Å²) < 4.78 is 1.59. The Balaban J connectivity index is 3.07. The van der Waals surface area contributed by atoms with Crippen molar-refractivity contribution in [2.24, 2.45) is 7.05 Å². The van der Waals surface area contributed by atoms with Crippen LogP contribution in [0.3, 0.4) is 0 Å². The molecule has 1 rings (SSSR count). The molecule has 0 aliphatic heterocycles. The van der Waals surface area contributed by atoms with Gasteiger partial charge in [-0.1, -0.05) is 13.8 Å². The number of nitrogens with zero attached hydrogens (tertiary/aromatic N) is 2. The number of carboxylic acid groups (broad SMARTS) is 1. The number of carboxylic acids is 1. The third-order valence-corrected chi connectivity index (χ3v) is 2.76. The number of hydrogen-bond acceptors (Lipinski definition) is 3. The van der Waals surface area contributed by atoms with Crippen LogP contribution in [0.25, 0.3) is 0 Å². The highest BCUT2D eigenvalue weighted by atomic mass is 16.4. The predicted molar refractivity (Wildman–Crippen MR) is 62.9 cm³/mol. The van der Waals surface area contributed by atoms with Crippen molar-refractivity contribution in [3.05, 3.63) is 11.3 Å². The Hall–Kier alpha value is -1.52. The molecule has 1 aromatic heterocycles. The second-order valence-corrected chi connectivity index (χ2v) is 3.90. The summed E-state index contributed by atoms with van der Waals surface area (Å²) >= 11 is 0. The third kappa shape index (κ3) is 2.35. The monoisotopic (exact) mass is 225 g/mol. The predicted octanol–water partition coefficient (Wildman–Crippen LogP) is 2.03. The first-order valence-corrected chi connectivity index (χ1v) is 5.54. The Morgan fingerprint density at radius 3 is 2.50 bits per heavy atom. The van der Waals surface area contributed by atoms with E-state index in [0.717, 1.165) is 12.8 Å². The van der Waals surface area contributed by atoms with E-state index in [4.69, 9.17) is 5.11 Å². The Morgan fingerprint density at radius 2 is 2.06 bits per heavy atom. The summed E-state index contributed by atoms with van der Waals surface area (Å²) in [6.45, 7) is 5.86.